The zero-order valence-electron chi connectivity index (χ0n) is 13.7. The number of rotatable bonds is 5. The standard InChI is InChI=1S/C18H21FN2O3/c1-2-23-17(22)18(6-8-20-9-7-18)12-15-11-16(21-24-15)13-4-3-5-14(19)10-13/h3-5,10-11,20H,2,6-9,12H2,1H3. The molecule has 5 nitrogen and oxygen atoms in total. The lowest BCUT2D eigenvalue weighted by atomic mass is 9.75. The molecule has 2 aromatic rings. The fourth-order valence-electron chi connectivity index (χ4n) is 3.16. The molecule has 24 heavy (non-hydrogen) atoms. The third-order valence-corrected chi connectivity index (χ3v) is 4.46. The van der Waals surface area contributed by atoms with Crippen LogP contribution >= 0.6 is 0 Å². The number of halogens is 1. The van der Waals surface area contributed by atoms with Gasteiger partial charge in [-0.1, -0.05) is 17.3 Å². The second-order valence-corrected chi connectivity index (χ2v) is 6.12. The van der Waals surface area contributed by atoms with Gasteiger partial charge in [-0.05, 0) is 45.0 Å². The van der Waals surface area contributed by atoms with E-state index in [2.05, 4.69) is 10.5 Å². The minimum atomic E-state index is -0.583. The highest BCUT2D eigenvalue weighted by atomic mass is 19.1. The Kier molecular flexibility index (Phi) is 4.94. The highest BCUT2D eigenvalue weighted by Gasteiger charge is 2.42. The van der Waals surface area contributed by atoms with Crippen molar-refractivity contribution in [3.8, 4) is 11.3 Å². The molecule has 128 valence electrons. The molecule has 0 aliphatic carbocycles. The summed E-state index contributed by atoms with van der Waals surface area (Å²) in [6.07, 6.45) is 1.83. The molecule has 1 aromatic carbocycles. The Hall–Kier alpha value is -2.21. The summed E-state index contributed by atoms with van der Waals surface area (Å²) in [6.45, 7) is 3.70. The Balaban J connectivity index is 1.82. The van der Waals surface area contributed by atoms with Gasteiger partial charge in [0.05, 0.1) is 12.0 Å². The number of esters is 1. The fourth-order valence-corrected chi connectivity index (χ4v) is 3.16. The molecule has 1 N–H and O–H groups in total. The molecule has 2 heterocycles. The summed E-state index contributed by atoms with van der Waals surface area (Å²) in [5.41, 5.74) is 0.637. The van der Waals surface area contributed by atoms with E-state index in [0.29, 0.717) is 42.9 Å². The van der Waals surface area contributed by atoms with Gasteiger partial charge in [0.2, 0.25) is 0 Å². The van der Waals surface area contributed by atoms with Gasteiger partial charge in [0, 0.05) is 18.1 Å². The van der Waals surface area contributed by atoms with Crippen molar-refractivity contribution in [3.63, 3.8) is 0 Å². The first-order valence-electron chi connectivity index (χ1n) is 8.22. The molecule has 1 aromatic heterocycles. The van der Waals surface area contributed by atoms with Crippen LogP contribution in [0.1, 0.15) is 25.5 Å². The van der Waals surface area contributed by atoms with Gasteiger partial charge in [0.1, 0.15) is 17.3 Å². The van der Waals surface area contributed by atoms with E-state index >= 15 is 0 Å². The number of carbonyl (C=O) groups excluding carboxylic acids is 1. The normalized spacial score (nSPS) is 16.8. The van der Waals surface area contributed by atoms with Crippen LogP contribution in [0.25, 0.3) is 11.3 Å². The summed E-state index contributed by atoms with van der Waals surface area (Å²) in [6, 6.07) is 7.97. The van der Waals surface area contributed by atoms with Crippen LogP contribution in [0.2, 0.25) is 0 Å². The predicted molar refractivity (Wildman–Crippen MR) is 86.8 cm³/mol. The lowest BCUT2D eigenvalue weighted by Crippen LogP contribution is -2.44. The first kappa shape index (κ1) is 16.6. The van der Waals surface area contributed by atoms with E-state index in [1.165, 1.54) is 12.1 Å². The Labute approximate surface area is 140 Å². The van der Waals surface area contributed by atoms with E-state index in [0.717, 1.165) is 13.1 Å². The smallest absolute Gasteiger partial charge is 0.312 e. The van der Waals surface area contributed by atoms with Crippen molar-refractivity contribution in [1.29, 1.82) is 0 Å². The van der Waals surface area contributed by atoms with Crippen LogP contribution in [0.15, 0.2) is 34.9 Å². The average molecular weight is 332 g/mol. The van der Waals surface area contributed by atoms with Crippen LogP contribution in [0.3, 0.4) is 0 Å². The minimum absolute atomic E-state index is 0.185. The highest BCUT2D eigenvalue weighted by molar-refractivity contribution is 5.77. The van der Waals surface area contributed by atoms with Crippen LogP contribution in [0, 0.1) is 11.2 Å². The number of benzene rings is 1. The molecule has 0 saturated carbocycles. The number of nitrogens with one attached hydrogen (secondary N) is 1. The first-order valence-corrected chi connectivity index (χ1v) is 8.22. The summed E-state index contributed by atoms with van der Waals surface area (Å²) in [4.78, 5) is 12.5. The molecule has 1 saturated heterocycles. The Morgan fingerprint density at radius 2 is 2.17 bits per heavy atom. The molecular weight excluding hydrogens is 311 g/mol. The lowest BCUT2D eigenvalue weighted by Gasteiger charge is -2.34. The molecule has 6 heteroatoms. The molecule has 0 spiro atoms. The molecule has 0 radical (unpaired) electrons. The Bertz CT molecular complexity index is 708. The zero-order valence-corrected chi connectivity index (χ0v) is 13.7. The number of hydrogen-bond acceptors (Lipinski definition) is 5. The monoisotopic (exact) mass is 332 g/mol. The van der Waals surface area contributed by atoms with Crippen molar-refractivity contribution in [2.75, 3.05) is 19.7 Å². The van der Waals surface area contributed by atoms with E-state index in [-0.39, 0.29) is 11.8 Å². The van der Waals surface area contributed by atoms with Gasteiger partial charge in [-0.3, -0.25) is 4.79 Å². The van der Waals surface area contributed by atoms with Gasteiger partial charge < -0.3 is 14.6 Å². The third-order valence-electron chi connectivity index (χ3n) is 4.46. The molecule has 3 rings (SSSR count). The van der Waals surface area contributed by atoms with Crippen LogP contribution < -0.4 is 5.32 Å². The number of ether oxygens (including phenoxy) is 1. The maximum absolute atomic E-state index is 13.4. The highest BCUT2D eigenvalue weighted by Crippen LogP contribution is 2.35. The molecule has 1 fully saturated rings. The van der Waals surface area contributed by atoms with Crippen molar-refractivity contribution < 1.29 is 18.4 Å². The minimum Gasteiger partial charge on any atom is -0.466 e. The Morgan fingerprint density at radius 3 is 2.88 bits per heavy atom. The van der Waals surface area contributed by atoms with Crippen LogP contribution in [0.4, 0.5) is 4.39 Å². The third kappa shape index (κ3) is 3.48. The first-order chi connectivity index (χ1) is 11.6. The molecule has 1 aliphatic heterocycles. The summed E-state index contributed by atoms with van der Waals surface area (Å²) in [5, 5.41) is 7.28. The number of piperidine rings is 1. The molecule has 1 aliphatic rings. The average Bonchev–Trinajstić information content (AvgIpc) is 3.04. The van der Waals surface area contributed by atoms with Gasteiger partial charge >= 0.3 is 5.97 Å². The molecule has 0 atom stereocenters. The SMILES string of the molecule is CCOC(=O)C1(Cc2cc(-c3cccc(F)c3)no2)CCNCC1. The number of aromatic nitrogens is 1. The second kappa shape index (κ2) is 7.13. The van der Waals surface area contributed by atoms with Crippen LogP contribution in [0.5, 0.6) is 0 Å². The zero-order chi connectivity index (χ0) is 17.0. The van der Waals surface area contributed by atoms with E-state index in [9.17, 15) is 9.18 Å². The van der Waals surface area contributed by atoms with E-state index < -0.39 is 5.41 Å². The van der Waals surface area contributed by atoms with Crippen molar-refractivity contribution >= 4 is 5.97 Å². The van der Waals surface area contributed by atoms with Gasteiger partial charge in [-0.2, -0.15) is 0 Å². The topological polar surface area (TPSA) is 64.4 Å². The number of hydrogen-bond donors (Lipinski definition) is 1. The van der Waals surface area contributed by atoms with Crippen molar-refractivity contribution in [2.45, 2.75) is 26.2 Å². The predicted octanol–water partition coefficient (Wildman–Crippen LogP) is 2.96. The maximum atomic E-state index is 13.4. The number of nitrogens with zero attached hydrogens (tertiary/aromatic N) is 1. The van der Waals surface area contributed by atoms with Crippen LogP contribution in [-0.4, -0.2) is 30.8 Å². The largest absolute Gasteiger partial charge is 0.466 e. The van der Waals surface area contributed by atoms with Gasteiger partial charge in [-0.25, -0.2) is 4.39 Å². The summed E-state index contributed by atoms with van der Waals surface area (Å²) in [5.74, 6) is 0.109. The fraction of sp³-hybridized carbons (Fsp3) is 0.444. The van der Waals surface area contributed by atoms with Crippen molar-refractivity contribution in [2.24, 2.45) is 5.41 Å². The molecule has 0 amide bonds. The molecular formula is C18H21FN2O3. The second-order valence-electron chi connectivity index (χ2n) is 6.12. The van der Waals surface area contributed by atoms with Crippen LogP contribution in [-0.2, 0) is 16.0 Å². The summed E-state index contributed by atoms with van der Waals surface area (Å²) < 4.78 is 24.1. The van der Waals surface area contributed by atoms with Gasteiger partial charge in [0.25, 0.3) is 0 Å². The van der Waals surface area contributed by atoms with Gasteiger partial charge in [0.15, 0.2) is 0 Å². The van der Waals surface area contributed by atoms with Gasteiger partial charge in [-0.15, -0.1) is 0 Å². The van der Waals surface area contributed by atoms with Crippen molar-refractivity contribution in [3.05, 3.63) is 41.9 Å². The quantitative estimate of drug-likeness (QED) is 0.853. The maximum Gasteiger partial charge on any atom is 0.312 e. The summed E-state index contributed by atoms with van der Waals surface area (Å²) >= 11 is 0. The van der Waals surface area contributed by atoms with E-state index in [4.69, 9.17) is 9.26 Å². The number of carbonyl (C=O) groups is 1. The molecule has 0 bridgehead atoms. The van der Waals surface area contributed by atoms with E-state index in [1.807, 2.05) is 6.92 Å². The molecule has 0 unspecified atom stereocenters. The van der Waals surface area contributed by atoms with E-state index in [1.54, 1.807) is 18.2 Å². The lowest BCUT2D eigenvalue weighted by molar-refractivity contribution is -0.157. The summed E-state index contributed by atoms with van der Waals surface area (Å²) in [7, 11) is 0. The Morgan fingerprint density at radius 1 is 1.38 bits per heavy atom. The van der Waals surface area contributed by atoms with Crippen molar-refractivity contribution in [1.82, 2.24) is 10.5 Å².